The molecule has 1 aromatic heterocycles. The molecule has 3 amide bonds. The fourth-order valence-electron chi connectivity index (χ4n) is 3.35. The van der Waals surface area contributed by atoms with Gasteiger partial charge in [-0.25, -0.2) is 4.79 Å². The molecule has 5 nitrogen and oxygen atoms in total. The number of benzene rings is 2. The highest BCUT2D eigenvalue weighted by Crippen LogP contribution is 2.34. The van der Waals surface area contributed by atoms with Crippen LogP contribution in [0.2, 0.25) is 0 Å². The summed E-state index contributed by atoms with van der Waals surface area (Å²) in [6.07, 6.45) is 1.76. The van der Waals surface area contributed by atoms with Crippen LogP contribution >= 0.6 is 0 Å². The summed E-state index contributed by atoms with van der Waals surface area (Å²) in [5, 5.41) is 6.11. The molecular weight excluding hydrogens is 316 g/mol. The lowest BCUT2D eigenvalue weighted by Gasteiger charge is -2.28. The Bertz CT molecular complexity index is 974. The van der Waals surface area contributed by atoms with Crippen LogP contribution < -0.4 is 10.6 Å². The Morgan fingerprint density at radius 2 is 1.76 bits per heavy atom. The van der Waals surface area contributed by atoms with E-state index in [2.05, 4.69) is 10.6 Å². The molecule has 25 heavy (non-hydrogen) atoms. The van der Waals surface area contributed by atoms with E-state index in [1.807, 2.05) is 55.5 Å². The van der Waals surface area contributed by atoms with Gasteiger partial charge in [-0.1, -0.05) is 49.4 Å². The number of urea groups is 1. The van der Waals surface area contributed by atoms with Gasteiger partial charge in [-0.15, -0.1) is 0 Å². The zero-order valence-corrected chi connectivity index (χ0v) is 14.0. The number of para-hydroxylation sites is 1. The van der Waals surface area contributed by atoms with Gasteiger partial charge >= 0.3 is 6.03 Å². The minimum absolute atomic E-state index is 0.158. The van der Waals surface area contributed by atoms with Gasteiger partial charge in [0.25, 0.3) is 5.91 Å². The van der Waals surface area contributed by atoms with Crippen molar-refractivity contribution in [3.8, 4) is 11.1 Å². The molecule has 0 spiro atoms. The van der Waals surface area contributed by atoms with Gasteiger partial charge in [0.2, 0.25) is 0 Å². The van der Waals surface area contributed by atoms with E-state index in [4.69, 9.17) is 4.42 Å². The molecule has 0 saturated carbocycles. The largest absolute Gasteiger partial charge is 0.464 e. The van der Waals surface area contributed by atoms with Gasteiger partial charge in [-0.05, 0) is 24.1 Å². The molecule has 2 atom stereocenters. The number of hydrogen-bond acceptors (Lipinski definition) is 3. The summed E-state index contributed by atoms with van der Waals surface area (Å²) in [7, 11) is 0. The zero-order valence-electron chi connectivity index (χ0n) is 14.0. The number of hydrogen-bond donors (Lipinski definition) is 2. The highest BCUT2D eigenvalue weighted by Gasteiger charge is 2.46. The second kappa shape index (κ2) is 5.48. The van der Waals surface area contributed by atoms with Crippen LogP contribution in [0.4, 0.5) is 4.79 Å². The Morgan fingerprint density at radius 1 is 1.04 bits per heavy atom. The number of rotatable bonds is 3. The Labute approximate surface area is 145 Å². The molecule has 3 aromatic rings. The first kappa shape index (κ1) is 15.4. The Kier molecular flexibility index (Phi) is 3.39. The van der Waals surface area contributed by atoms with Crippen molar-refractivity contribution in [1.82, 2.24) is 10.6 Å². The maximum Gasteiger partial charge on any atom is 0.322 e. The summed E-state index contributed by atoms with van der Waals surface area (Å²) in [6.45, 7) is 3.68. The van der Waals surface area contributed by atoms with Gasteiger partial charge in [0.15, 0.2) is 0 Å². The summed E-state index contributed by atoms with van der Waals surface area (Å²) in [4.78, 5) is 23.6. The average molecular weight is 334 g/mol. The molecule has 0 bridgehead atoms. The lowest BCUT2D eigenvalue weighted by atomic mass is 9.81. The van der Waals surface area contributed by atoms with E-state index in [-0.39, 0.29) is 11.8 Å². The molecule has 2 unspecified atom stereocenters. The summed E-state index contributed by atoms with van der Waals surface area (Å²) < 4.78 is 5.60. The van der Waals surface area contributed by atoms with E-state index >= 15 is 0 Å². The fraction of sp³-hybridized carbons (Fsp3) is 0.200. The highest BCUT2D eigenvalue weighted by molar-refractivity contribution is 6.07. The number of fused-ring (bicyclic) bond motifs is 1. The van der Waals surface area contributed by atoms with Crippen LogP contribution in [0, 0.1) is 0 Å². The Balaban J connectivity index is 1.66. The summed E-state index contributed by atoms with van der Waals surface area (Å²) >= 11 is 0. The molecule has 126 valence electrons. The Hall–Kier alpha value is -3.08. The second-order valence-corrected chi connectivity index (χ2v) is 6.60. The van der Waals surface area contributed by atoms with Crippen molar-refractivity contribution in [2.75, 3.05) is 0 Å². The van der Waals surface area contributed by atoms with Crippen molar-refractivity contribution in [3.05, 3.63) is 60.4 Å². The quantitative estimate of drug-likeness (QED) is 0.716. The number of amides is 3. The predicted molar refractivity (Wildman–Crippen MR) is 95.1 cm³/mol. The van der Waals surface area contributed by atoms with Crippen LogP contribution in [-0.2, 0) is 4.79 Å². The molecule has 0 radical (unpaired) electrons. The van der Waals surface area contributed by atoms with E-state index in [0.717, 1.165) is 27.7 Å². The molecule has 1 fully saturated rings. The van der Waals surface area contributed by atoms with E-state index in [1.165, 1.54) is 0 Å². The van der Waals surface area contributed by atoms with E-state index in [1.54, 1.807) is 13.2 Å². The standard InChI is InChI=1S/C20H18N2O3/c1-12(20(2)18(23)21-19(24)22-20)13-7-9-14(10-8-13)16-11-25-17-6-4-3-5-15(16)17/h3-12H,1-2H3,(H2,21,22,23,24). The molecule has 1 aliphatic rings. The first-order chi connectivity index (χ1) is 12.0. The Morgan fingerprint density at radius 3 is 2.44 bits per heavy atom. The third kappa shape index (κ3) is 2.39. The lowest BCUT2D eigenvalue weighted by Crippen LogP contribution is -2.48. The number of carbonyl (C=O) groups is 2. The number of carbonyl (C=O) groups excluding carboxylic acids is 2. The average Bonchev–Trinajstić information content (AvgIpc) is 3.15. The first-order valence-corrected chi connectivity index (χ1v) is 8.19. The molecule has 1 saturated heterocycles. The van der Waals surface area contributed by atoms with Gasteiger partial charge in [0, 0.05) is 16.9 Å². The van der Waals surface area contributed by atoms with Gasteiger partial charge in [0.05, 0.1) is 6.26 Å². The minimum Gasteiger partial charge on any atom is -0.464 e. The topological polar surface area (TPSA) is 71.3 Å². The maximum absolute atomic E-state index is 12.1. The third-order valence-electron chi connectivity index (χ3n) is 5.14. The van der Waals surface area contributed by atoms with Crippen molar-refractivity contribution >= 4 is 22.9 Å². The van der Waals surface area contributed by atoms with Gasteiger partial charge in [0.1, 0.15) is 11.1 Å². The second-order valence-electron chi connectivity index (χ2n) is 6.60. The third-order valence-corrected chi connectivity index (χ3v) is 5.14. The van der Waals surface area contributed by atoms with Crippen molar-refractivity contribution in [2.24, 2.45) is 0 Å². The van der Waals surface area contributed by atoms with Crippen LogP contribution in [-0.4, -0.2) is 17.5 Å². The molecule has 2 heterocycles. The summed E-state index contributed by atoms with van der Waals surface area (Å²) in [5.41, 5.74) is 2.98. The van der Waals surface area contributed by atoms with Crippen LogP contribution in [0.1, 0.15) is 25.3 Å². The molecule has 2 N–H and O–H groups in total. The van der Waals surface area contributed by atoms with E-state index in [9.17, 15) is 9.59 Å². The van der Waals surface area contributed by atoms with Crippen molar-refractivity contribution in [1.29, 1.82) is 0 Å². The summed E-state index contributed by atoms with van der Waals surface area (Å²) in [6, 6.07) is 15.5. The zero-order chi connectivity index (χ0) is 17.6. The van der Waals surface area contributed by atoms with Crippen molar-refractivity contribution < 1.29 is 14.0 Å². The number of furan rings is 1. The lowest BCUT2D eigenvalue weighted by molar-refractivity contribution is -0.124. The smallest absolute Gasteiger partial charge is 0.322 e. The van der Waals surface area contributed by atoms with Crippen LogP contribution in [0.3, 0.4) is 0 Å². The van der Waals surface area contributed by atoms with Crippen LogP contribution in [0.25, 0.3) is 22.1 Å². The van der Waals surface area contributed by atoms with Crippen LogP contribution in [0.5, 0.6) is 0 Å². The van der Waals surface area contributed by atoms with Gasteiger partial charge < -0.3 is 9.73 Å². The van der Waals surface area contributed by atoms with E-state index < -0.39 is 11.6 Å². The number of imide groups is 1. The SMILES string of the molecule is CC(c1ccc(-c2coc3ccccc23)cc1)C1(C)NC(=O)NC1=O. The van der Waals surface area contributed by atoms with Gasteiger partial charge in [-0.3, -0.25) is 10.1 Å². The molecule has 0 aliphatic carbocycles. The fourth-order valence-corrected chi connectivity index (χ4v) is 3.35. The molecule has 1 aliphatic heterocycles. The predicted octanol–water partition coefficient (Wildman–Crippen LogP) is 3.80. The van der Waals surface area contributed by atoms with E-state index in [0.29, 0.717) is 0 Å². The highest BCUT2D eigenvalue weighted by atomic mass is 16.3. The summed E-state index contributed by atoms with van der Waals surface area (Å²) in [5.74, 6) is -0.455. The van der Waals surface area contributed by atoms with Crippen molar-refractivity contribution in [2.45, 2.75) is 25.3 Å². The van der Waals surface area contributed by atoms with Gasteiger partial charge in [-0.2, -0.15) is 0 Å². The minimum atomic E-state index is -0.944. The monoisotopic (exact) mass is 334 g/mol. The van der Waals surface area contributed by atoms with Crippen LogP contribution in [0.15, 0.2) is 59.2 Å². The molecular formula is C20H18N2O3. The first-order valence-electron chi connectivity index (χ1n) is 8.19. The maximum atomic E-state index is 12.1. The normalized spacial score (nSPS) is 21.2. The molecule has 5 heteroatoms. The molecule has 4 rings (SSSR count). The molecule has 2 aromatic carbocycles. The van der Waals surface area contributed by atoms with Crippen molar-refractivity contribution in [3.63, 3.8) is 0 Å². The number of nitrogens with one attached hydrogen (secondary N) is 2.